The first-order valence-electron chi connectivity index (χ1n) is 9.73. The van der Waals surface area contributed by atoms with Gasteiger partial charge < -0.3 is 9.47 Å². The van der Waals surface area contributed by atoms with E-state index in [0.717, 1.165) is 29.4 Å². The van der Waals surface area contributed by atoms with Gasteiger partial charge in [-0.3, -0.25) is 4.57 Å². The van der Waals surface area contributed by atoms with Crippen LogP contribution in [-0.4, -0.2) is 48.9 Å². The lowest BCUT2D eigenvalue weighted by atomic mass is 9.95. The molecule has 1 aromatic carbocycles. The molecule has 0 atom stereocenters. The molecule has 0 amide bonds. The highest BCUT2D eigenvalue weighted by Gasteiger charge is 2.24. The van der Waals surface area contributed by atoms with Crippen molar-refractivity contribution in [3.63, 3.8) is 0 Å². The fourth-order valence-corrected chi connectivity index (χ4v) is 5.31. The van der Waals surface area contributed by atoms with Crippen molar-refractivity contribution in [2.45, 2.75) is 49.7 Å². The Balaban J connectivity index is 1.89. The van der Waals surface area contributed by atoms with Crippen LogP contribution in [-0.2, 0) is 10.0 Å². The van der Waals surface area contributed by atoms with Crippen molar-refractivity contribution in [3.05, 3.63) is 18.2 Å². The number of methoxy groups -OCH3 is 2. The second-order valence-electron chi connectivity index (χ2n) is 7.11. The first-order chi connectivity index (χ1) is 13.9. The summed E-state index contributed by atoms with van der Waals surface area (Å²) in [6.45, 7) is 0. The van der Waals surface area contributed by atoms with E-state index in [0.29, 0.717) is 29.7 Å². The maximum Gasteiger partial charge on any atom is 0.209 e. The van der Waals surface area contributed by atoms with E-state index >= 15 is 0 Å². The molecule has 160 valence electrons. The summed E-state index contributed by atoms with van der Waals surface area (Å²) < 4.78 is 35.3. The van der Waals surface area contributed by atoms with Crippen LogP contribution in [0.15, 0.2) is 23.4 Å². The van der Waals surface area contributed by atoms with Crippen molar-refractivity contribution in [2.75, 3.05) is 25.7 Å². The van der Waals surface area contributed by atoms with Crippen LogP contribution in [0.1, 0.15) is 44.6 Å². The summed E-state index contributed by atoms with van der Waals surface area (Å²) in [6, 6.07) is 6.08. The van der Waals surface area contributed by atoms with Crippen LogP contribution in [0, 0.1) is 0 Å². The Morgan fingerprint density at radius 3 is 2.52 bits per heavy atom. The van der Waals surface area contributed by atoms with Gasteiger partial charge in [0, 0.05) is 17.4 Å². The van der Waals surface area contributed by atoms with E-state index in [1.165, 1.54) is 31.0 Å². The van der Waals surface area contributed by atoms with E-state index in [9.17, 15) is 8.42 Å². The van der Waals surface area contributed by atoms with Gasteiger partial charge in [0.05, 0.1) is 20.0 Å². The van der Waals surface area contributed by atoms with Gasteiger partial charge in [0.25, 0.3) is 0 Å². The van der Waals surface area contributed by atoms with Crippen molar-refractivity contribution in [1.29, 1.82) is 0 Å². The van der Waals surface area contributed by atoms with E-state index in [1.54, 1.807) is 14.2 Å². The Kier molecular flexibility index (Phi) is 7.42. The zero-order chi connectivity index (χ0) is 20.9. The number of benzene rings is 1. The molecule has 0 radical (unpaired) electrons. The minimum absolute atomic E-state index is 0.0277. The molecular weight excluding hydrogens is 412 g/mol. The molecule has 2 aromatic rings. The summed E-state index contributed by atoms with van der Waals surface area (Å²) in [5.41, 5.74) is 0.914. The molecule has 1 aliphatic carbocycles. The molecule has 2 N–H and O–H groups in total. The summed E-state index contributed by atoms with van der Waals surface area (Å²) >= 11 is 1.53. The number of ether oxygens (including phenoxy) is 2. The minimum Gasteiger partial charge on any atom is -0.493 e. The van der Waals surface area contributed by atoms with Crippen LogP contribution >= 0.6 is 11.8 Å². The summed E-state index contributed by atoms with van der Waals surface area (Å²) in [7, 11) is -0.222. The maximum absolute atomic E-state index is 11.2. The van der Waals surface area contributed by atoms with Crippen LogP contribution in [0.2, 0.25) is 0 Å². The minimum atomic E-state index is -3.44. The summed E-state index contributed by atoms with van der Waals surface area (Å²) in [6.07, 6.45) is 6.27. The van der Waals surface area contributed by atoms with Gasteiger partial charge in [-0.15, -0.1) is 10.2 Å². The van der Waals surface area contributed by atoms with Crippen LogP contribution in [0.25, 0.3) is 11.4 Å². The zero-order valence-corrected chi connectivity index (χ0v) is 18.5. The molecule has 0 bridgehead atoms. The molecule has 0 aliphatic heterocycles. The number of hydrogen-bond acceptors (Lipinski definition) is 7. The topological polar surface area (TPSA) is 109 Å². The van der Waals surface area contributed by atoms with Crippen molar-refractivity contribution in [2.24, 2.45) is 5.14 Å². The molecule has 1 saturated carbocycles. The third-order valence-electron chi connectivity index (χ3n) is 5.05. The van der Waals surface area contributed by atoms with Crippen LogP contribution in [0.3, 0.4) is 0 Å². The Bertz CT molecular complexity index is 924. The molecule has 1 heterocycles. The Labute approximate surface area is 176 Å². The SMILES string of the molecule is COc1ccc(-c2nnc(SCCCS(N)(=O)=O)n2C2CCCCC2)cc1OC. The molecule has 0 spiro atoms. The number of aromatic nitrogens is 3. The van der Waals surface area contributed by atoms with Crippen molar-refractivity contribution in [1.82, 2.24) is 14.8 Å². The van der Waals surface area contributed by atoms with Crippen molar-refractivity contribution >= 4 is 21.8 Å². The fraction of sp³-hybridized carbons (Fsp3) is 0.579. The number of hydrogen-bond donors (Lipinski definition) is 1. The number of sulfonamides is 1. The quantitative estimate of drug-likeness (QED) is 0.471. The third-order valence-corrected chi connectivity index (χ3v) is 6.94. The molecule has 29 heavy (non-hydrogen) atoms. The lowest BCUT2D eigenvalue weighted by Crippen LogP contribution is -2.17. The lowest BCUT2D eigenvalue weighted by molar-refractivity contribution is 0.339. The van der Waals surface area contributed by atoms with Gasteiger partial charge in [0.2, 0.25) is 10.0 Å². The van der Waals surface area contributed by atoms with Gasteiger partial charge in [-0.25, -0.2) is 13.6 Å². The largest absolute Gasteiger partial charge is 0.493 e. The second-order valence-corrected chi connectivity index (χ2v) is 9.90. The molecular formula is C19H28N4O4S2. The van der Waals surface area contributed by atoms with E-state index in [2.05, 4.69) is 14.8 Å². The highest BCUT2D eigenvalue weighted by molar-refractivity contribution is 7.99. The number of nitrogens with two attached hydrogens (primary N) is 1. The van der Waals surface area contributed by atoms with E-state index in [1.807, 2.05) is 18.2 Å². The smallest absolute Gasteiger partial charge is 0.209 e. The predicted molar refractivity (Wildman–Crippen MR) is 114 cm³/mol. The summed E-state index contributed by atoms with van der Waals surface area (Å²) in [5.74, 6) is 2.70. The molecule has 10 heteroatoms. The second kappa shape index (κ2) is 9.82. The van der Waals surface area contributed by atoms with Crippen molar-refractivity contribution < 1.29 is 17.9 Å². The normalized spacial score (nSPS) is 15.4. The maximum atomic E-state index is 11.2. The third kappa shape index (κ3) is 5.64. The van der Waals surface area contributed by atoms with Gasteiger partial charge in [-0.05, 0) is 37.5 Å². The molecule has 0 saturated heterocycles. The first-order valence-corrected chi connectivity index (χ1v) is 12.4. The van der Waals surface area contributed by atoms with Gasteiger partial charge >= 0.3 is 0 Å². The summed E-state index contributed by atoms with van der Waals surface area (Å²) in [5, 5.41) is 14.8. The molecule has 3 rings (SSSR count). The van der Waals surface area contributed by atoms with Gasteiger partial charge in [0.1, 0.15) is 0 Å². The van der Waals surface area contributed by atoms with E-state index < -0.39 is 10.0 Å². The summed E-state index contributed by atoms with van der Waals surface area (Å²) in [4.78, 5) is 0. The Morgan fingerprint density at radius 2 is 1.86 bits per heavy atom. The standard InChI is InChI=1S/C19H28N4O4S2/c1-26-16-10-9-14(13-17(16)27-2)18-21-22-19(28-11-6-12-29(20,24)25)23(18)15-7-4-3-5-8-15/h9-10,13,15H,3-8,11-12H2,1-2H3,(H2,20,24,25). The van der Waals surface area contributed by atoms with Crippen LogP contribution in [0.5, 0.6) is 11.5 Å². The molecule has 1 fully saturated rings. The molecule has 1 aromatic heterocycles. The Hall–Kier alpha value is -1.78. The van der Waals surface area contributed by atoms with Gasteiger partial charge in [-0.2, -0.15) is 0 Å². The predicted octanol–water partition coefficient (Wildman–Crippen LogP) is 3.24. The van der Waals surface area contributed by atoms with Crippen molar-refractivity contribution in [3.8, 4) is 22.9 Å². The van der Waals surface area contributed by atoms with Crippen LogP contribution in [0.4, 0.5) is 0 Å². The first kappa shape index (κ1) is 21.9. The average molecular weight is 441 g/mol. The fourth-order valence-electron chi connectivity index (χ4n) is 3.64. The number of rotatable bonds is 9. The monoisotopic (exact) mass is 440 g/mol. The van der Waals surface area contributed by atoms with E-state index in [-0.39, 0.29) is 5.75 Å². The van der Waals surface area contributed by atoms with Gasteiger partial charge in [-0.1, -0.05) is 31.0 Å². The zero-order valence-electron chi connectivity index (χ0n) is 16.8. The number of primary sulfonamides is 1. The Morgan fingerprint density at radius 1 is 1.14 bits per heavy atom. The average Bonchev–Trinajstić information content (AvgIpc) is 3.14. The molecule has 8 nitrogen and oxygen atoms in total. The van der Waals surface area contributed by atoms with E-state index in [4.69, 9.17) is 14.6 Å². The highest BCUT2D eigenvalue weighted by atomic mass is 32.2. The highest BCUT2D eigenvalue weighted by Crippen LogP contribution is 2.38. The lowest BCUT2D eigenvalue weighted by Gasteiger charge is -2.25. The molecule has 0 unspecified atom stereocenters. The van der Waals surface area contributed by atoms with Crippen LogP contribution < -0.4 is 14.6 Å². The molecule has 1 aliphatic rings. The number of thioether (sulfide) groups is 1. The van der Waals surface area contributed by atoms with Gasteiger partial charge in [0.15, 0.2) is 22.5 Å². The number of nitrogens with zero attached hydrogens (tertiary/aromatic N) is 3.